The molecule has 0 spiro atoms. The molecule has 0 heterocycles. The van der Waals surface area contributed by atoms with E-state index in [2.05, 4.69) is 0 Å². The normalized spacial score (nSPS) is 10.7. The number of unbranched alkanes of at least 4 members (excludes halogenated alkanes) is 2. The van der Waals surface area contributed by atoms with Crippen LogP contribution in [0.15, 0.2) is 0 Å². The van der Waals surface area contributed by atoms with E-state index in [0.29, 0.717) is 19.3 Å². The quantitative estimate of drug-likeness (QED) is 0.434. The molecule has 0 saturated carbocycles. The third-order valence-electron chi connectivity index (χ3n) is 1.10. The highest BCUT2D eigenvalue weighted by atomic mass is 19.1. The Morgan fingerprint density at radius 1 is 1.11 bits per heavy atom. The standard InChI is InChI=1S/C6H13FO2/c7-5-3-1-2-4-6(8)9/h6,8-9H,1-5H2. The topological polar surface area (TPSA) is 40.5 Å². The minimum atomic E-state index is -1.22. The summed E-state index contributed by atoms with van der Waals surface area (Å²) in [7, 11) is 0. The molecule has 0 aromatic heterocycles. The Hall–Kier alpha value is -0.150. The second kappa shape index (κ2) is 5.98. The number of hydrogen-bond acceptors (Lipinski definition) is 2. The fourth-order valence-corrected chi connectivity index (χ4v) is 0.598. The summed E-state index contributed by atoms with van der Waals surface area (Å²) in [6.45, 7) is -0.304. The van der Waals surface area contributed by atoms with Crippen LogP contribution in [0.3, 0.4) is 0 Å². The Labute approximate surface area is 54.3 Å². The summed E-state index contributed by atoms with van der Waals surface area (Å²) in [6.07, 6.45) is 1.12. The fraction of sp³-hybridized carbons (Fsp3) is 1.00. The minimum Gasteiger partial charge on any atom is -0.368 e. The first kappa shape index (κ1) is 8.85. The lowest BCUT2D eigenvalue weighted by molar-refractivity contribution is -0.0466. The number of aliphatic hydroxyl groups is 2. The molecule has 0 bridgehead atoms. The predicted molar refractivity (Wildman–Crippen MR) is 32.7 cm³/mol. The van der Waals surface area contributed by atoms with E-state index in [-0.39, 0.29) is 6.67 Å². The maximum absolute atomic E-state index is 11.4. The van der Waals surface area contributed by atoms with Gasteiger partial charge < -0.3 is 10.2 Å². The van der Waals surface area contributed by atoms with E-state index >= 15 is 0 Å². The Morgan fingerprint density at radius 3 is 2.22 bits per heavy atom. The first-order chi connectivity index (χ1) is 4.27. The highest BCUT2D eigenvalue weighted by Gasteiger charge is 1.95. The van der Waals surface area contributed by atoms with Gasteiger partial charge in [-0.2, -0.15) is 0 Å². The van der Waals surface area contributed by atoms with Gasteiger partial charge in [0.2, 0.25) is 0 Å². The molecule has 0 amide bonds. The molecule has 56 valence electrons. The largest absolute Gasteiger partial charge is 0.368 e. The monoisotopic (exact) mass is 136 g/mol. The second-order valence-electron chi connectivity index (χ2n) is 2.02. The van der Waals surface area contributed by atoms with Crippen molar-refractivity contribution in [3.05, 3.63) is 0 Å². The van der Waals surface area contributed by atoms with Gasteiger partial charge in [0.1, 0.15) is 0 Å². The molecule has 0 rings (SSSR count). The summed E-state index contributed by atoms with van der Waals surface area (Å²) >= 11 is 0. The van der Waals surface area contributed by atoms with E-state index in [9.17, 15) is 4.39 Å². The molecular formula is C6H13FO2. The molecule has 9 heavy (non-hydrogen) atoms. The highest BCUT2D eigenvalue weighted by Crippen LogP contribution is 2.01. The predicted octanol–water partition coefficient (Wildman–Crippen LogP) is 0.827. The average Bonchev–Trinajstić information content (AvgIpc) is 1.80. The smallest absolute Gasteiger partial charge is 0.151 e. The molecule has 0 atom stereocenters. The summed E-state index contributed by atoms with van der Waals surface area (Å²) < 4.78 is 11.4. The molecule has 0 unspecified atom stereocenters. The summed E-state index contributed by atoms with van der Waals surface area (Å²) in [5.74, 6) is 0. The van der Waals surface area contributed by atoms with Crippen LogP contribution in [0.4, 0.5) is 4.39 Å². The van der Waals surface area contributed by atoms with E-state index in [1.165, 1.54) is 0 Å². The van der Waals surface area contributed by atoms with Crippen LogP contribution in [0.2, 0.25) is 0 Å². The molecular weight excluding hydrogens is 123 g/mol. The van der Waals surface area contributed by atoms with Crippen molar-refractivity contribution < 1.29 is 14.6 Å². The Morgan fingerprint density at radius 2 is 1.78 bits per heavy atom. The third kappa shape index (κ3) is 7.85. The summed E-state index contributed by atoms with van der Waals surface area (Å²) in [4.78, 5) is 0. The Kier molecular flexibility index (Phi) is 5.88. The molecule has 0 aromatic carbocycles. The SMILES string of the molecule is OC(O)CCCCCF. The lowest BCUT2D eigenvalue weighted by atomic mass is 10.2. The zero-order chi connectivity index (χ0) is 7.11. The van der Waals surface area contributed by atoms with Crippen molar-refractivity contribution in [2.24, 2.45) is 0 Å². The zero-order valence-corrected chi connectivity index (χ0v) is 5.39. The van der Waals surface area contributed by atoms with Crippen LogP contribution in [0, 0.1) is 0 Å². The molecule has 0 aliphatic carbocycles. The highest BCUT2D eigenvalue weighted by molar-refractivity contribution is 4.42. The number of alkyl halides is 1. The van der Waals surface area contributed by atoms with Gasteiger partial charge in [-0.15, -0.1) is 0 Å². The summed E-state index contributed by atoms with van der Waals surface area (Å²) in [5.41, 5.74) is 0. The van der Waals surface area contributed by atoms with Gasteiger partial charge in [0.15, 0.2) is 6.29 Å². The third-order valence-corrected chi connectivity index (χ3v) is 1.10. The average molecular weight is 136 g/mol. The van der Waals surface area contributed by atoms with E-state index < -0.39 is 6.29 Å². The van der Waals surface area contributed by atoms with Crippen LogP contribution in [0.25, 0.3) is 0 Å². The lowest BCUT2D eigenvalue weighted by Crippen LogP contribution is -2.02. The maximum Gasteiger partial charge on any atom is 0.151 e. The second-order valence-corrected chi connectivity index (χ2v) is 2.02. The Balaban J connectivity index is 2.75. The molecule has 0 saturated heterocycles. The molecule has 0 fully saturated rings. The molecule has 0 aliphatic rings. The van der Waals surface area contributed by atoms with Crippen LogP contribution in [-0.2, 0) is 0 Å². The number of rotatable bonds is 5. The molecule has 2 N–H and O–H groups in total. The van der Waals surface area contributed by atoms with Crippen molar-refractivity contribution in [2.75, 3.05) is 6.67 Å². The molecule has 0 radical (unpaired) electrons. The van der Waals surface area contributed by atoms with Gasteiger partial charge in [0.05, 0.1) is 6.67 Å². The fourth-order valence-electron chi connectivity index (χ4n) is 0.598. The van der Waals surface area contributed by atoms with E-state index in [1.807, 2.05) is 0 Å². The van der Waals surface area contributed by atoms with E-state index in [1.54, 1.807) is 0 Å². The number of hydrogen-bond donors (Lipinski definition) is 2. The first-order valence-electron chi connectivity index (χ1n) is 3.19. The van der Waals surface area contributed by atoms with Crippen molar-refractivity contribution in [1.29, 1.82) is 0 Å². The molecule has 3 heteroatoms. The van der Waals surface area contributed by atoms with E-state index in [4.69, 9.17) is 10.2 Å². The van der Waals surface area contributed by atoms with Crippen molar-refractivity contribution >= 4 is 0 Å². The van der Waals surface area contributed by atoms with Gasteiger partial charge in [-0.05, 0) is 19.3 Å². The molecule has 0 aliphatic heterocycles. The van der Waals surface area contributed by atoms with Gasteiger partial charge in [-0.3, -0.25) is 4.39 Å². The van der Waals surface area contributed by atoms with Crippen molar-refractivity contribution in [3.63, 3.8) is 0 Å². The van der Waals surface area contributed by atoms with Crippen LogP contribution in [0.1, 0.15) is 25.7 Å². The summed E-state index contributed by atoms with van der Waals surface area (Å²) in [5, 5.41) is 16.6. The zero-order valence-electron chi connectivity index (χ0n) is 5.39. The lowest BCUT2D eigenvalue weighted by Gasteiger charge is -2.00. The van der Waals surface area contributed by atoms with Crippen molar-refractivity contribution in [1.82, 2.24) is 0 Å². The van der Waals surface area contributed by atoms with Crippen LogP contribution in [-0.4, -0.2) is 23.2 Å². The van der Waals surface area contributed by atoms with Crippen LogP contribution >= 0.6 is 0 Å². The molecule has 2 nitrogen and oxygen atoms in total. The first-order valence-corrected chi connectivity index (χ1v) is 3.19. The number of aliphatic hydroxyl groups excluding tert-OH is 1. The van der Waals surface area contributed by atoms with E-state index in [0.717, 1.165) is 6.42 Å². The van der Waals surface area contributed by atoms with Gasteiger partial charge in [-0.1, -0.05) is 6.42 Å². The minimum absolute atomic E-state index is 0.304. The summed E-state index contributed by atoms with van der Waals surface area (Å²) in [6, 6.07) is 0. The van der Waals surface area contributed by atoms with Crippen LogP contribution in [0.5, 0.6) is 0 Å². The van der Waals surface area contributed by atoms with Gasteiger partial charge >= 0.3 is 0 Å². The number of halogens is 1. The van der Waals surface area contributed by atoms with Gasteiger partial charge in [-0.25, -0.2) is 0 Å². The maximum atomic E-state index is 11.4. The van der Waals surface area contributed by atoms with Gasteiger partial charge in [0, 0.05) is 0 Å². The van der Waals surface area contributed by atoms with Crippen LogP contribution < -0.4 is 0 Å². The molecule has 0 aromatic rings. The van der Waals surface area contributed by atoms with Gasteiger partial charge in [0.25, 0.3) is 0 Å². The van der Waals surface area contributed by atoms with Crippen molar-refractivity contribution in [3.8, 4) is 0 Å². The van der Waals surface area contributed by atoms with Crippen molar-refractivity contribution in [2.45, 2.75) is 32.0 Å². The Bertz CT molecular complexity index is 57.0.